The largest absolute Gasteiger partial charge is 0.481 e. The Balaban J connectivity index is 1.71. The fourth-order valence-corrected chi connectivity index (χ4v) is 4.35. The highest BCUT2D eigenvalue weighted by Gasteiger charge is 2.31. The van der Waals surface area contributed by atoms with Crippen molar-refractivity contribution in [1.82, 2.24) is 10.2 Å². The first-order chi connectivity index (χ1) is 16.2. The van der Waals surface area contributed by atoms with E-state index in [1.54, 1.807) is 20.8 Å². The Labute approximate surface area is 199 Å². The zero-order valence-electron chi connectivity index (χ0n) is 19.7. The minimum absolute atomic E-state index is 0.0758. The van der Waals surface area contributed by atoms with Gasteiger partial charge in [-0.15, -0.1) is 0 Å². The molecule has 0 saturated carbocycles. The van der Waals surface area contributed by atoms with Crippen molar-refractivity contribution in [3.8, 4) is 11.1 Å². The monoisotopic (exact) mass is 468 g/mol. The van der Waals surface area contributed by atoms with Crippen LogP contribution in [0.3, 0.4) is 0 Å². The van der Waals surface area contributed by atoms with Crippen molar-refractivity contribution in [3.05, 3.63) is 59.7 Å². The molecule has 0 aliphatic heterocycles. The van der Waals surface area contributed by atoms with Gasteiger partial charge in [-0.3, -0.25) is 9.59 Å². The number of carbonyl (C=O) groups excluding carboxylic acids is 2. The van der Waals surface area contributed by atoms with E-state index in [1.165, 1.54) is 4.90 Å². The van der Waals surface area contributed by atoms with Gasteiger partial charge in [-0.2, -0.15) is 0 Å². The number of carboxylic acids is 1. The van der Waals surface area contributed by atoms with Gasteiger partial charge >= 0.3 is 12.1 Å². The average molecular weight is 469 g/mol. The van der Waals surface area contributed by atoms with Crippen molar-refractivity contribution in [1.29, 1.82) is 0 Å². The zero-order chi connectivity index (χ0) is 24.8. The number of hydrogen-bond donors (Lipinski definition) is 3. The molecule has 2 aromatic rings. The fourth-order valence-electron chi connectivity index (χ4n) is 4.35. The summed E-state index contributed by atoms with van der Waals surface area (Å²) in [6, 6.07) is 14.6. The van der Waals surface area contributed by atoms with E-state index in [2.05, 4.69) is 5.32 Å². The number of ether oxygens (including phenoxy) is 1. The molecule has 8 nitrogen and oxygen atoms in total. The van der Waals surface area contributed by atoms with Crippen molar-refractivity contribution in [2.45, 2.75) is 57.7 Å². The second kappa shape index (κ2) is 11.2. The number of carbonyl (C=O) groups is 3. The molecule has 2 aromatic carbocycles. The van der Waals surface area contributed by atoms with E-state index in [-0.39, 0.29) is 38.0 Å². The van der Waals surface area contributed by atoms with Crippen LogP contribution < -0.4 is 5.32 Å². The lowest BCUT2D eigenvalue weighted by molar-refractivity contribution is -0.139. The molecule has 1 aliphatic carbocycles. The highest BCUT2D eigenvalue weighted by Crippen LogP contribution is 2.44. The Bertz CT molecular complexity index is 990. The minimum Gasteiger partial charge on any atom is -0.481 e. The standard InChI is InChI=1S/C26H32N2O6/c1-16(2)28(14-17(3)29)25(32)23(12-13-24(30)31)27-26(33)34-15-22-20-10-6-4-8-18(20)19-9-5-7-11-21(19)22/h4-11,16-17,22-23,29H,12-15H2,1-3H3,(H,27,33)(H,30,31). The van der Waals surface area contributed by atoms with E-state index in [0.717, 1.165) is 22.3 Å². The second-order valence-corrected chi connectivity index (χ2v) is 8.89. The van der Waals surface area contributed by atoms with Gasteiger partial charge in [0, 0.05) is 24.9 Å². The zero-order valence-corrected chi connectivity index (χ0v) is 19.7. The molecule has 34 heavy (non-hydrogen) atoms. The molecule has 3 N–H and O–H groups in total. The number of carboxylic acid groups (broad SMARTS) is 1. The van der Waals surface area contributed by atoms with Crippen LogP contribution in [-0.4, -0.2) is 64.4 Å². The summed E-state index contributed by atoms with van der Waals surface area (Å²) in [5.74, 6) is -1.65. The molecule has 0 heterocycles. The molecule has 182 valence electrons. The third-order valence-electron chi connectivity index (χ3n) is 5.95. The average Bonchev–Trinajstić information content (AvgIpc) is 3.11. The molecule has 0 aromatic heterocycles. The number of alkyl carbamates (subject to hydrolysis) is 1. The van der Waals surface area contributed by atoms with Crippen LogP contribution in [0.25, 0.3) is 11.1 Å². The Morgan fingerprint density at radius 2 is 1.56 bits per heavy atom. The number of benzene rings is 2. The van der Waals surface area contributed by atoms with E-state index in [1.807, 2.05) is 48.5 Å². The molecule has 3 rings (SSSR count). The summed E-state index contributed by atoms with van der Waals surface area (Å²) < 4.78 is 5.53. The van der Waals surface area contributed by atoms with Crippen LogP contribution in [0.5, 0.6) is 0 Å². The molecule has 0 bridgehead atoms. The number of aliphatic hydroxyl groups is 1. The number of aliphatic carboxylic acids is 1. The Kier molecular flexibility index (Phi) is 8.28. The number of rotatable bonds is 10. The maximum atomic E-state index is 13.1. The van der Waals surface area contributed by atoms with Crippen LogP contribution in [0.1, 0.15) is 50.7 Å². The molecule has 2 unspecified atom stereocenters. The van der Waals surface area contributed by atoms with E-state index in [0.29, 0.717) is 0 Å². The lowest BCUT2D eigenvalue weighted by Gasteiger charge is -2.31. The SMILES string of the molecule is CC(O)CN(C(=O)C(CCC(=O)O)NC(=O)OCC1c2ccccc2-c2ccccc21)C(C)C. The van der Waals surface area contributed by atoms with Crippen LogP contribution in [0, 0.1) is 0 Å². The highest BCUT2D eigenvalue weighted by molar-refractivity contribution is 5.86. The second-order valence-electron chi connectivity index (χ2n) is 8.89. The van der Waals surface area contributed by atoms with Gasteiger partial charge in [0.2, 0.25) is 5.91 Å². The first kappa shape index (κ1) is 25.2. The summed E-state index contributed by atoms with van der Waals surface area (Å²) in [7, 11) is 0. The molecule has 0 saturated heterocycles. The van der Waals surface area contributed by atoms with Gasteiger partial charge in [0.15, 0.2) is 0 Å². The number of amides is 2. The smallest absolute Gasteiger partial charge is 0.407 e. The summed E-state index contributed by atoms with van der Waals surface area (Å²) in [5, 5.41) is 21.4. The third kappa shape index (κ3) is 5.94. The van der Waals surface area contributed by atoms with Gasteiger partial charge in [-0.25, -0.2) is 4.79 Å². The molecule has 0 fully saturated rings. The van der Waals surface area contributed by atoms with Crippen molar-refractivity contribution >= 4 is 18.0 Å². The van der Waals surface area contributed by atoms with Gasteiger partial charge in [0.05, 0.1) is 6.10 Å². The highest BCUT2D eigenvalue weighted by atomic mass is 16.5. The number of nitrogens with zero attached hydrogens (tertiary/aromatic N) is 1. The summed E-state index contributed by atoms with van der Waals surface area (Å²) in [6.45, 7) is 5.31. The molecule has 2 atom stereocenters. The minimum atomic E-state index is -1.08. The number of nitrogens with one attached hydrogen (secondary N) is 1. The normalized spacial score (nSPS) is 14.1. The van der Waals surface area contributed by atoms with E-state index < -0.39 is 30.1 Å². The number of aliphatic hydroxyl groups excluding tert-OH is 1. The predicted octanol–water partition coefficient (Wildman–Crippen LogP) is 3.38. The molecular weight excluding hydrogens is 436 g/mol. The predicted molar refractivity (Wildman–Crippen MR) is 127 cm³/mol. The van der Waals surface area contributed by atoms with E-state index in [9.17, 15) is 19.5 Å². The van der Waals surface area contributed by atoms with Gasteiger partial charge in [0.1, 0.15) is 12.6 Å². The van der Waals surface area contributed by atoms with Crippen LogP contribution in [0.4, 0.5) is 4.79 Å². The van der Waals surface area contributed by atoms with Crippen LogP contribution in [-0.2, 0) is 14.3 Å². The van der Waals surface area contributed by atoms with E-state index >= 15 is 0 Å². The number of hydrogen-bond acceptors (Lipinski definition) is 5. The Morgan fingerprint density at radius 3 is 2.06 bits per heavy atom. The summed E-state index contributed by atoms with van der Waals surface area (Å²) in [4.78, 5) is 38.4. The first-order valence-corrected chi connectivity index (χ1v) is 11.5. The van der Waals surface area contributed by atoms with Crippen LogP contribution in [0.15, 0.2) is 48.5 Å². The number of fused-ring (bicyclic) bond motifs is 3. The fraction of sp³-hybridized carbons (Fsp3) is 0.423. The lowest BCUT2D eigenvalue weighted by Crippen LogP contribution is -2.52. The molecular formula is C26H32N2O6. The van der Waals surface area contributed by atoms with E-state index in [4.69, 9.17) is 9.84 Å². The molecule has 2 amide bonds. The van der Waals surface area contributed by atoms with Crippen molar-refractivity contribution in [3.63, 3.8) is 0 Å². The van der Waals surface area contributed by atoms with Crippen molar-refractivity contribution in [2.75, 3.05) is 13.2 Å². The van der Waals surface area contributed by atoms with Crippen LogP contribution in [0.2, 0.25) is 0 Å². The summed E-state index contributed by atoms with van der Waals surface area (Å²) in [6.07, 6.45) is -1.92. The van der Waals surface area contributed by atoms with Gasteiger partial charge in [-0.1, -0.05) is 48.5 Å². The first-order valence-electron chi connectivity index (χ1n) is 11.5. The Hall–Kier alpha value is -3.39. The van der Waals surface area contributed by atoms with Crippen LogP contribution >= 0.6 is 0 Å². The van der Waals surface area contributed by atoms with Gasteiger partial charge in [0.25, 0.3) is 0 Å². The molecule has 0 spiro atoms. The maximum Gasteiger partial charge on any atom is 0.407 e. The third-order valence-corrected chi connectivity index (χ3v) is 5.95. The van der Waals surface area contributed by atoms with Crippen molar-refractivity contribution < 1.29 is 29.3 Å². The molecule has 8 heteroatoms. The lowest BCUT2D eigenvalue weighted by atomic mass is 9.98. The summed E-state index contributed by atoms with van der Waals surface area (Å²) in [5.41, 5.74) is 4.34. The molecule has 0 radical (unpaired) electrons. The molecule has 1 aliphatic rings. The van der Waals surface area contributed by atoms with Crippen molar-refractivity contribution in [2.24, 2.45) is 0 Å². The quantitative estimate of drug-likeness (QED) is 0.492. The topological polar surface area (TPSA) is 116 Å². The van der Waals surface area contributed by atoms with Gasteiger partial charge < -0.3 is 25.2 Å². The Morgan fingerprint density at radius 1 is 1.00 bits per heavy atom. The maximum absolute atomic E-state index is 13.1. The summed E-state index contributed by atoms with van der Waals surface area (Å²) >= 11 is 0. The van der Waals surface area contributed by atoms with Gasteiger partial charge in [-0.05, 0) is 49.4 Å².